The summed E-state index contributed by atoms with van der Waals surface area (Å²) >= 11 is 1.31. The molecule has 76 valence electrons. The molecule has 0 radical (unpaired) electrons. The number of Topliss-reactive ketones (excluding diaryl/α,β-unsaturated/α-hetero) is 1. The van der Waals surface area contributed by atoms with E-state index in [0.29, 0.717) is 15.7 Å². The van der Waals surface area contributed by atoms with Crippen molar-refractivity contribution in [1.29, 1.82) is 0 Å². The highest BCUT2D eigenvalue weighted by Gasteiger charge is 2.09. The lowest BCUT2D eigenvalue weighted by Crippen LogP contribution is -1.87. The molecule has 0 atom stereocenters. The molecule has 2 rings (SSSR count). The Hall–Kier alpha value is -1.62. The van der Waals surface area contributed by atoms with Crippen LogP contribution in [0, 0.1) is 6.92 Å². The summed E-state index contributed by atoms with van der Waals surface area (Å²) in [5.74, 6) is 0.587. The molecule has 0 amide bonds. The van der Waals surface area contributed by atoms with Crippen molar-refractivity contribution >= 4 is 17.1 Å². The number of hydrogen-bond donors (Lipinski definition) is 0. The monoisotopic (exact) mass is 219 g/mol. The SMILES string of the molecule is CC(=O)c1cnc(-c2ncc(C)cn2)s1. The van der Waals surface area contributed by atoms with Gasteiger partial charge >= 0.3 is 0 Å². The predicted molar refractivity (Wildman–Crippen MR) is 57.9 cm³/mol. The largest absolute Gasteiger partial charge is 0.294 e. The zero-order chi connectivity index (χ0) is 10.8. The minimum absolute atomic E-state index is 0.0193. The summed E-state index contributed by atoms with van der Waals surface area (Å²) in [6.45, 7) is 3.44. The Bertz CT molecular complexity index is 490. The van der Waals surface area contributed by atoms with E-state index in [9.17, 15) is 4.79 Å². The Kier molecular flexibility index (Phi) is 2.55. The van der Waals surface area contributed by atoms with Gasteiger partial charge in [0.15, 0.2) is 16.6 Å². The van der Waals surface area contributed by atoms with Gasteiger partial charge in [0.05, 0.1) is 4.88 Å². The summed E-state index contributed by atoms with van der Waals surface area (Å²) in [5.41, 5.74) is 1.00. The van der Waals surface area contributed by atoms with Crippen LogP contribution in [0.3, 0.4) is 0 Å². The van der Waals surface area contributed by atoms with Crippen LogP contribution in [0.4, 0.5) is 0 Å². The van der Waals surface area contributed by atoms with Crippen LogP contribution in [0.5, 0.6) is 0 Å². The fourth-order valence-corrected chi connectivity index (χ4v) is 1.80. The third-order valence-electron chi connectivity index (χ3n) is 1.82. The normalized spacial score (nSPS) is 10.3. The number of thiazole rings is 1. The van der Waals surface area contributed by atoms with Crippen molar-refractivity contribution in [2.45, 2.75) is 13.8 Å². The number of aromatic nitrogens is 3. The average Bonchev–Trinajstić information content (AvgIpc) is 2.68. The van der Waals surface area contributed by atoms with Crippen LogP contribution in [0.2, 0.25) is 0 Å². The molecule has 5 heteroatoms. The van der Waals surface area contributed by atoms with Crippen LogP contribution in [-0.2, 0) is 0 Å². The second kappa shape index (κ2) is 3.86. The first-order valence-corrected chi connectivity index (χ1v) is 5.24. The molecular weight excluding hydrogens is 210 g/mol. The number of hydrogen-bond acceptors (Lipinski definition) is 5. The van der Waals surface area contributed by atoms with Gasteiger partial charge in [0, 0.05) is 25.5 Å². The maximum atomic E-state index is 11.1. The molecule has 0 aromatic carbocycles. The minimum Gasteiger partial charge on any atom is -0.294 e. The highest BCUT2D eigenvalue weighted by molar-refractivity contribution is 7.16. The van der Waals surface area contributed by atoms with Gasteiger partial charge in [0.25, 0.3) is 0 Å². The Labute approximate surface area is 91.0 Å². The van der Waals surface area contributed by atoms with Gasteiger partial charge in [-0.05, 0) is 12.5 Å². The van der Waals surface area contributed by atoms with Gasteiger partial charge in [-0.1, -0.05) is 0 Å². The van der Waals surface area contributed by atoms with Gasteiger partial charge in [0.1, 0.15) is 0 Å². The third kappa shape index (κ3) is 2.07. The Morgan fingerprint density at radius 3 is 2.40 bits per heavy atom. The van der Waals surface area contributed by atoms with Crippen molar-refractivity contribution in [3.63, 3.8) is 0 Å². The molecule has 0 aliphatic heterocycles. The lowest BCUT2D eigenvalue weighted by molar-refractivity contribution is 0.102. The molecule has 2 aromatic rings. The van der Waals surface area contributed by atoms with Crippen molar-refractivity contribution in [3.8, 4) is 10.8 Å². The molecule has 0 bridgehead atoms. The molecule has 15 heavy (non-hydrogen) atoms. The Morgan fingerprint density at radius 2 is 1.87 bits per heavy atom. The standard InChI is InChI=1S/C10H9N3OS/c1-6-3-11-9(12-4-6)10-13-5-8(15-10)7(2)14/h3-5H,1-2H3. The third-order valence-corrected chi connectivity index (χ3v) is 2.92. The predicted octanol–water partition coefficient (Wildman–Crippen LogP) is 2.11. The summed E-state index contributed by atoms with van der Waals surface area (Å²) in [5, 5.41) is 0.681. The first-order valence-electron chi connectivity index (χ1n) is 4.42. The number of ketones is 1. The zero-order valence-electron chi connectivity index (χ0n) is 8.39. The summed E-state index contributed by atoms with van der Waals surface area (Å²) in [4.78, 5) is 24.1. The van der Waals surface area contributed by atoms with Gasteiger partial charge in [-0.2, -0.15) is 0 Å². The summed E-state index contributed by atoms with van der Waals surface area (Å²) < 4.78 is 0. The van der Waals surface area contributed by atoms with Crippen molar-refractivity contribution < 1.29 is 4.79 Å². The van der Waals surface area contributed by atoms with Crippen LogP contribution in [0.15, 0.2) is 18.6 Å². The lowest BCUT2D eigenvalue weighted by atomic mass is 10.4. The summed E-state index contributed by atoms with van der Waals surface area (Å²) in [6.07, 6.45) is 5.03. The molecule has 0 N–H and O–H groups in total. The first-order chi connectivity index (χ1) is 7.16. The molecule has 2 heterocycles. The summed E-state index contributed by atoms with van der Waals surface area (Å²) in [7, 11) is 0. The maximum absolute atomic E-state index is 11.1. The van der Waals surface area contributed by atoms with Crippen LogP contribution < -0.4 is 0 Å². The second-order valence-corrected chi connectivity index (χ2v) is 4.20. The number of aryl methyl sites for hydroxylation is 1. The zero-order valence-corrected chi connectivity index (χ0v) is 9.21. The van der Waals surface area contributed by atoms with E-state index in [-0.39, 0.29) is 5.78 Å². The van der Waals surface area contributed by atoms with E-state index in [1.165, 1.54) is 18.3 Å². The fourth-order valence-electron chi connectivity index (χ4n) is 1.04. The molecule has 0 spiro atoms. The van der Waals surface area contributed by atoms with Gasteiger partial charge in [0.2, 0.25) is 0 Å². The molecule has 0 unspecified atom stereocenters. The fraction of sp³-hybridized carbons (Fsp3) is 0.200. The van der Waals surface area contributed by atoms with Crippen molar-refractivity contribution in [1.82, 2.24) is 15.0 Å². The molecule has 0 saturated heterocycles. The van der Waals surface area contributed by atoms with Crippen LogP contribution in [0.1, 0.15) is 22.2 Å². The average molecular weight is 219 g/mol. The maximum Gasteiger partial charge on any atom is 0.188 e. The molecule has 0 aliphatic rings. The number of nitrogens with zero attached hydrogens (tertiary/aromatic N) is 3. The van der Waals surface area contributed by atoms with Crippen LogP contribution in [-0.4, -0.2) is 20.7 Å². The highest BCUT2D eigenvalue weighted by Crippen LogP contribution is 2.21. The van der Waals surface area contributed by atoms with E-state index < -0.39 is 0 Å². The van der Waals surface area contributed by atoms with Crippen LogP contribution in [0.25, 0.3) is 10.8 Å². The van der Waals surface area contributed by atoms with E-state index in [0.717, 1.165) is 5.56 Å². The molecule has 0 fully saturated rings. The molecule has 4 nitrogen and oxygen atoms in total. The molecule has 0 aliphatic carbocycles. The van der Waals surface area contributed by atoms with Crippen molar-refractivity contribution in [2.75, 3.05) is 0 Å². The van der Waals surface area contributed by atoms with Gasteiger partial charge in [-0.15, -0.1) is 11.3 Å². The topological polar surface area (TPSA) is 55.7 Å². The minimum atomic E-state index is 0.0193. The Morgan fingerprint density at radius 1 is 1.20 bits per heavy atom. The van der Waals surface area contributed by atoms with Gasteiger partial charge in [-0.25, -0.2) is 15.0 Å². The number of rotatable bonds is 2. The van der Waals surface area contributed by atoms with Gasteiger partial charge in [-0.3, -0.25) is 4.79 Å². The van der Waals surface area contributed by atoms with Crippen LogP contribution >= 0.6 is 11.3 Å². The van der Waals surface area contributed by atoms with Gasteiger partial charge < -0.3 is 0 Å². The highest BCUT2D eigenvalue weighted by atomic mass is 32.1. The van der Waals surface area contributed by atoms with E-state index in [1.807, 2.05) is 6.92 Å². The molecule has 0 saturated carbocycles. The van der Waals surface area contributed by atoms with E-state index in [1.54, 1.807) is 18.6 Å². The second-order valence-electron chi connectivity index (χ2n) is 3.17. The number of carbonyl (C=O) groups excluding carboxylic acids is 1. The van der Waals surface area contributed by atoms with E-state index in [4.69, 9.17) is 0 Å². The van der Waals surface area contributed by atoms with E-state index >= 15 is 0 Å². The van der Waals surface area contributed by atoms with Crippen molar-refractivity contribution in [3.05, 3.63) is 29.0 Å². The van der Waals surface area contributed by atoms with E-state index in [2.05, 4.69) is 15.0 Å². The molecular formula is C10H9N3OS. The quantitative estimate of drug-likeness (QED) is 0.726. The Balaban J connectivity index is 2.37. The lowest BCUT2D eigenvalue weighted by Gasteiger charge is -1.93. The van der Waals surface area contributed by atoms with Crippen molar-refractivity contribution in [2.24, 2.45) is 0 Å². The smallest absolute Gasteiger partial charge is 0.188 e. The summed E-state index contributed by atoms with van der Waals surface area (Å²) in [6, 6.07) is 0. The first kappa shape index (κ1) is 9.92. The number of carbonyl (C=O) groups is 1. The molecule has 2 aromatic heterocycles.